The zero-order valence-electron chi connectivity index (χ0n) is 17.8. The Hall–Kier alpha value is -2.12. The first-order chi connectivity index (χ1) is 14.4. The second-order valence-electron chi connectivity index (χ2n) is 9.83. The van der Waals surface area contributed by atoms with E-state index in [0.29, 0.717) is 25.4 Å². The second kappa shape index (κ2) is 8.94. The van der Waals surface area contributed by atoms with Crippen molar-refractivity contribution in [3.05, 3.63) is 0 Å². The molecule has 4 rings (SSSR count). The van der Waals surface area contributed by atoms with Crippen molar-refractivity contribution in [3.8, 4) is 0 Å². The lowest BCUT2D eigenvalue weighted by Gasteiger charge is -2.31. The smallest absolute Gasteiger partial charge is 0.315 e. The number of piperidine rings is 1. The van der Waals surface area contributed by atoms with E-state index in [1.54, 1.807) is 4.90 Å². The number of hydrogen-bond donors (Lipinski definition) is 3. The topological polar surface area (TPSA) is 108 Å². The molecule has 0 aromatic heterocycles. The number of amides is 5. The first kappa shape index (κ1) is 21.1. The fourth-order valence-electron chi connectivity index (χ4n) is 5.88. The van der Waals surface area contributed by atoms with Gasteiger partial charge in [-0.05, 0) is 56.3 Å². The van der Waals surface area contributed by atoms with Crippen molar-refractivity contribution in [1.29, 1.82) is 0 Å². The zero-order valence-corrected chi connectivity index (χ0v) is 17.8. The zero-order chi connectivity index (χ0) is 21.3. The molecule has 2 aliphatic carbocycles. The molecule has 6 atom stereocenters. The van der Waals surface area contributed by atoms with Gasteiger partial charge in [0.25, 0.3) is 0 Å². The summed E-state index contributed by atoms with van der Waals surface area (Å²) in [6.45, 7) is 3.43. The van der Waals surface area contributed by atoms with E-state index in [9.17, 15) is 19.2 Å². The third kappa shape index (κ3) is 4.62. The number of nitrogens with one attached hydrogen (secondary N) is 3. The molecule has 2 saturated heterocycles. The van der Waals surface area contributed by atoms with Crippen LogP contribution in [0.1, 0.15) is 64.7 Å². The van der Waals surface area contributed by atoms with Crippen LogP contribution in [0, 0.1) is 23.7 Å². The molecular formula is C22H34N4O4. The Morgan fingerprint density at radius 2 is 1.93 bits per heavy atom. The number of hydrogen-bond acceptors (Lipinski definition) is 4. The highest BCUT2D eigenvalue weighted by molar-refractivity contribution is 6.02. The van der Waals surface area contributed by atoms with Gasteiger partial charge >= 0.3 is 6.03 Å². The number of carbonyl (C=O) groups excluding carboxylic acids is 4. The molecule has 0 aromatic carbocycles. The van der Waals surface area contributed by atoms with Crippen LogP contribution in [0.5, 0.6) is 0 Å². The van der Waals surface area contributed by atoms with Crippen molar-refractivity contribution in [1.82, 2.24) is 20.9 Å². The van der Waals surface area contributed by atoms with Crippen molar-refractivity contribution in [2.45, 2.75) is 76.8 Å². The predicted molar refractivity (Wildman–Crippen MR) is 110 cm³/mol. The van der Waals surface area contributed by atoms with Crippen LogP contribution in [-0.2, 0) is 14.4 Å². The summed E-state index contributed by atoms with van der Waals surface area (Å²) in [5.74, 6) is 0.598. The maximum absolute atomic E-state index is 13.0. The number of imide groups is 1. The maximum atomic E-state index is 13.0. The summed E-state index contributed by atoms with van der Waals surface area (Å²) in [6, 6.07) is -0.344. The molecule has 2 heterocycles. The Balaban J connectivity index is 1.25. The van der Waals surface area contributed by atoms with Crippen LogP contribution in [0.2, 0.25) is 0 Å². The van der Waals surface area contributed by atoms with Crippen molar-refractivity contribution in [2.75, 3.05) is 13.1 Å². The highest BCUT2D eigenvalue weighted by atomic mass is 16.2. The van der Waals surface area contributed by atoms with Crippen LogP contribution in [0.3, 0.4) is 0 Å². The minimum atomic E-state index is -0.513. The number of likely N-dealkylation sites (tertiary alicyclic amines) is 1. The van der Waals surface area contributed by atoms with Crippen LogP contribution in [0.15, 0.2) is 0 Å². The monoisotopic (exact) mass is 418 g/mol. The fourth-order valence-corrected chi connectivity index (χ4v) is 5.88. The van der Waals surface area contributed by atoms with E-state index in [0.717, 1.165) is 32.1 Å². The van der Waals surface area contributed by atoms with E-state index in [1.807, 2.05) is 0 Å². The SMILES string of the molecule is CC1CCCC(NC(=O)NCC2CCC3CN(C4CCC(=O)NC4=O)C(=O)C3C2)C1. The minimum Gasteiger partial charge on any atom is -0.338 e. The number of nitrogens with zero attached hydrogens (tertiary/aromatic N) is 1. The summed E-state index contributed by atoms with van der Waals surface area (Å²) < 4.78 is 0. The Labute approximate surface area is 177 Å². The van der Waals surface area contributed by atoms with Gasteiger partial charge in [-0.15, -0.1) is 0 Å². The number of urea groups is 1. The molecule has 5 amide bonds. The Bertz CT molecular complexity index is 711. The van der Waals surface area contributed by atoms with Gasteiger partial charge in [0, 0.05) is 31.5 Å². The van der Waals surface area contributed by atoms with E-state index < -0.39 is 6.04 Å². The highest BCUT2D eigenvalue weighted by Crippen LogP contribution is 2.41. The predicted octanol–water partition coefficient (Wildman–Crippen LogP) is 1.54. The molecule has 0 spiro atoms. The Morgan fingerprint density at radius 1 is 1.10 bits per heavy atom. The van der Waals surface area contributed by atoms with Crippen LogP contribution in [0.4, 0.5) is 4.79 Å². The lowest BCUT2D eigenvalue weighted by Crippen LogP contribution is -2.53. The van der Waals surface area contributed by atoms with Gasteiger partial charge in [0.2, 0.25) is 17.7 Å². The lowest BCUT2D eigenvalue weighted by molar-refractivity contribution is -0.144. The van der Waals surface area contributed by atoms with Gasteiger partial charge in [0.05, 0.1) is 0 Å². The average molecular weight is 419 g/mol. The van der Waals surface area contributed by atoms with Crippen molar-refractivity contribution >= 4 is 23.8 Å². The fraction of sp³-hybridized carbons (Fsp3) is 0.818. The van der Waals surface area contributed by atoms with Crippen molar-refractivity contribution in [2.24, 2.45) is 23.7 Å². The van der Waals surface area contributed by atoms with Crippen molar-refractivity contribution in [3.63, 3.8) is 0 Å². The van der Waals surface area contributed by atoms with Crippen LogP contribution < -0.4 is 16.0 Å². The van der Waals surface area contributed by atoms with E-state index >= 15 is 0 Å². The van der Waals surface area contributed by atoms with Gasteiger partial charge in [-0.2, -0.15) is 0 Å². The van der Waals surface area contributed by atoms with Gasteiger partial charge in [0.1, 0.15) is 6.04 Å². The first-order valence-corrected chi connectivity index (χ1v) is 11.6. The van der Waals surface area contributed by atoms with Gasteiger partial charge in [-0.1, -0.05) is 19.8 Å². The molecule has 2 aliphatic heterocycles. The van der Waals surface area contributed by atoms with E-state index in [2.05, 4.69) is 22.9 Å². The van der Waals surface area contributed by atoms with E-state index in [1.165, 1.54) is 12.8 Å². The summed E-state index contributed by atoms with van der Waals surface area (Å²) in [5, 5.41) is 8.48. The molecule has 8 nitrogen and oxygen atoms in total. The molecule has 0 aromatic rings. The molecule has 4 aliphatic rings. The summed E-state index contributed by atoms with van der Waals surface area (Å²) in [7, 11) is 0. The molecule has 166 valence electrons. The summed E-state index contributed by atoms with van der Waals surface area (Å²) in [6.07, 6.45) is 7.90. The van der Waals surface area contributed by atoms with Gasteiger partial charge < -0.3 is 15.5 Å². The largest absolute Gasteiger partial charge is 0.338 e. The molecule has 8 heteroatoms. The number of carbonyl (C=O) groups is 4. The summed E-state index contributed by atoms with van der Waals surface area (Å²) in [4.78, 5) is 50.6. The lowest BCUT2D eigenvalue weighted by atomic mass is 9.75. The molecule has 6 unspecified atom stereocenters. The van der Waals surface area contributed by atoms with E-state index in [-0.39, 0.29) is 54.0 Å². The van der Waals surface area contributed by atoms with Crippen LogP contribution in [-0.4, -0.2) is 53.8 Å². The van der Waals surface area contributed by atoms with E-state index in [4.69, 9.17) is 0 Å². The number of rotatable bonds is 4. The molecule has 30 heavy (non-hydrogen) atoms. The Morgan fingerprint density at radius 3 is 2.70 bits per heavy atom. The number of fused-ring (bicyclic) bond motifs is 1. The quantitative estimate of drug-likeness (QED) is 0.602. The van der Waals surface area contributed by atoms with Crippen molar-refractivity contribution < 1.29 is 19.2 Å². The standard InChI is InChI=1S/C22H34N4O4/c1-13-3-2-4-16(9-13)24-22(30)23-11-14-5-6-15-12-26(21(29)17(15)10-14)18-7-8-19(27)25-20(18)28/h13-18H,2-12H2,1H3,(H2,23,24,30)(H,25,27,28). The molecular weight excluding hydrogens is 384 g/mol. The van der Waals surface area contributed by atoms with Gasteiger partial charge in [-0.3, -0.25) is 19.7 Å². The average Bonchev–Trinajstić information content (AvgIpc) is 3.02. The minimum absolute atomic E-state index is 0.0415. The third-order valence-electron chi connectivity index (χ3n) is 7.54. The maximum Gasteiger partial charge on any atom is 0.315 e. The first-order valence-electron chi connectivity index (χ1n) is 11.6. The normalized spacial score (nSPS) is 36.8. The third-order valence-corrected chi connectivity index (χ3v) is 7.54. The van der Waals surface area contributed by atoms with Gasteiger partial charge in [-0.25, -0.2) is 4.79 Å². The highest BCUT2D eigenvalue weighted by Gasteiger charge is 2.48. The molecule has 0 bridgehead atoms. The molecule has 0 radical (unpaired) electrons. The molecule has 4 fully saturated rings. The molecule has 3 N–H and O–H groups in total. The molecule has 2 saturated carbocycles. The van der Waals surface area contributed by atoms with Gasteiger partial charge in [0.15, 0.2) is 0 Å². The Kier molecular flexibility index (Phi) is 6.29. The summed E-state index contributed by atoms with van der Waals surface area (Å²) in [5.41, 5.74) is 0. The summed E-state index contributed by atoms with van der Waals surface area (Å²) >= 11 is 0. The van der Waals surface area contributed by atoms with Crippen LogP contribution in [0.25, 0.3) is 0 Å². The second-order valence-corrected chi connectivity index (χ2v) is 9.83. The van der Waals surface area contributed by atoms with Crippen LogP contribution >= 0.6 is 0 Å².